The average molecular weight is 288 g/mol. The largest absolute Gasteiger partial charge is 0.274 e. The maximum atomic E-state index is 4.53. The quantitative estimate of drug-likeness (QED) is 0.726. The first-order valence-electron chi connectivity index (χ1n) is 4.88. The Labute approximate surface area is 91.8 Å². The minimum absolute atomic E-state index is 0.774. The highest BCUT2D eigenvalue weighted by molar-refractivity contribution is 14.1. The van der Waals surface area contributed by atoms with Gasteiger partial charge in [0.15, 0.2) is 0 Å². The molecule has 2 nitrogen and oxygen atoms in total. The summed E-state index contributed by atoms with van der Waals surface area (Å²) in [6.07, 6.45) is 7.88. The van der Waals surface area contributed by atoms with Crippen LogP contribution in [0.15, 0.2) is 6.20 Å². The lowest BCUT2D eigenvalue weighted by Crippen LogP contribution is -2.24. The number of halogens is 1. The Morgan fingerprint density at radius 2 is 2.23 bits per heavy atom. The van der Waals surface area contributed by atoms with E-state index >= 15 is 0 Å². The minimum Gasteiger partial charge on any atom is -0.274 e. The van der Waals surface area contributed by atoms with Gasteiger partial charge in [0.05, 0.1) is 9.26 Å². The molecule has 1 spiro atoms. The zero-order valence-electron chi connectivity index (χ0n) is 7.76. The second kappa shape index (κ2) is 2.49. The van der Waals surface area contributed by atoms with Gasteiger partial charge in [0, 0.05) is 19.2 Å². The number of nitrogens with zero attached hydrogens (tertiary/aromatic N) is 2. The van der Waals surface area contributed by atoms with Crippen molar-refractivity contribution < 1.29 is 0 Å². The molecule has 0 bridgehead atoms. The maximum Gasteiger partial charge on any atom is 0.0789 e. The SMILES string of the molecule is Cn1cc(I)c(C2CC3(CC3)C2)n1. The van der Waals surface area contributed by atoms with Crippen LogP contribution < -0.4 is 0 Å². The second-order valence-electron chi connectivity index (χ2n) is 4.64. The Hall–Kier alpha value is -0.0600. The molecule has 2 saturated carbocycles. The fourth-order valence-electron chi connectivity index (χ4n) is 2.52. The summed E-state index contributed by atoms with van der Waals surface area (Å²) in [7, 11) is 2.01. The van der Waals surface area contributed by atoms with Gasteiger partial charge in [-0.1, -0.05) is 0 Å². The molecule has 3 heteroatoms. The number of hydrogen-bond acceptors (Lipinski definition) is 1. The van der Waals surface area contributed by atoms with Crippen molar-refractivity contribution in [2.45, 2.75) is 31.6 Å². The number of aryl methyl sites for hydroxylation is 1. The van der Waals surface area contributed by atoms with Crippen LogP contribution in [-0.4, -0.2) is 9.78 Å². The van der Waals surface area contributed by atoms with E-state index in [1.54, 1.807) is 0 Å². The molecule has 70 valence electrons. The molecular formula is C10H13IN2. The van der Waals surface area contributed by atoms with Crippen molar-refractivity contribution in [3.05, 3.63) is 15.5 Å². The Balaban J connectivity index is 1.82. The molecule has 3 rings (SSSR count). The van der Waals surface area contributed by atoms with Crippen LogP contribution in [0, 0.1) is 8.99 Å². The van der Waals surface area contributed by atoms with E-state index in [9.17, 15) is 0 Å². The summed E-state index contributed by atoms with van der Waals surface area (Å²) in [5, 5.41) is 4.53. The molecule has 0 aliphatic heterocycles. The highest BCUT2D eigenvalue weighted by Gasteiger charge is 2.54. The third-order valence-corrected chi connectivity index (χ3v) is 4.34. The van der Waals surface area contributed by atoms with Crippen LogP contribution in [0.4, 0.5) is 0 Å². The lowest BCUT2D eigenvalue weighted by Gasteiger charge is -2.34. The van der Waals surface area contributed by atoms with E-state index in [1.165, 1.54) is 34.9 Å². The maximum absolute atomic E-state index is 4.53. The normalized spacial score (nSPS) is 24.8. The summed E-state index contributed by atoms with van der Waals surface area (Å²) in [5.41, 5.74) is 2.14. The standard InChI is InChI=1S/C10H13IN2/c1-13-6-8(11)9(12-13)7-4-10(5-7)2-3-10/h6-7H,2-5H2,1H3. The second-order valence-corrected chi connectivity index (χ2v) is 5.80. The van der Waals surface area contributed by atoms with Gasteiger partial charge in [-0.2, -0.15) is 5.10 Å². The van der Waals surface area contributed by atoms with Crippen LogP contribution in [0.25, 0.3) is 0 Å². The van der Waals surface area contributed by atoms with Gasteiger partial charge in [-0.05, 0) is 53.7 Å². The minimum atomic E-state index is 0.774. The lowest BCUT2D eigenvalue weighted by molar-refractivity contribution is 0.232. The number of aromatic nitrogens is 2. The molecule has 2 aliphatic rings. The molecule has 13 heavy (non-hydrogen) atoms. The van der Waals surface area contributed by atoms with E-state index in [-0.39, 0.29) is 0 Å². The van der Waals surface area contributed by atoms with Crippen molar-refractivity contribution in [3.63, 3.8) is 0 Å². The van der Waals surface area contributed by atoms with E-state index < -0.39 is 0 Å². The highest BCUT2D eigenvalue weighted by Crippen LogP contribution is 2.66. The molecule has 0 unspecified atom stereocenters. The topological polar surface area (TPSA) is 17.8 Å². The van der Waals surface area contributed by atoms with Gasteiger partial charge in [0.1, 0.15) is 0 Å². The van der Waals surface area contributed by atoms with Crippen molar-refractivity contribution >= 4 is 22.6 Å². The Kier molecular flexibility index (Phi) is 1.59. The predicted octanol–water partition coefficient (Wildman–Crippen LogP) is 2.68. The number of hydrogen-bond donors (Lipinski definition) is 0. The Morgan fingerprint density at radius 1 is 1.54 bits per heavy atom. The zero-order valence-corrected chi connectivity index (χ0v) is 9.91. The summed E-state index contributed by atoms with van der Waals surface area (Å²) in [6, 6.07) is 0. The van der Waals surface area contributed by atoms with Crippen LogP contribution >= 0.6 is 22.6 Å². The van der Waals surface area contributed by atoms with E-state index in [1.807, 2.05) is 11.7 Å². The molecule has 0 atom stereocenters. The van der Waals surface area contributed by atoms with Crippen LogP contribution in [0.1, 0.15) is 37.3 Å². The fraction of sp³-hybridized carbons (Fsp3) is 0.700. The first-order chi connectivity index (χ1) is 6.19. The molecule has 1 heterocycles. The van der Waals surface area contributed by atoms with Crippen LogP contribution in [0.5, 0.6) is 0 Å². The van der Waals surface area contributed by atoms with Gasteiger partial charge >= 0.3 is 0 Å². The van der Waals surface area contributed by atoms with Gasteiger partial charge in [-0.15, -0.1) is 0 Å². The summed E-state index contributed by atoms with van der Waals surface area (Å²) in [4.78, 5) is 0. The van der Waals surface area contributed by atoms with Gasteiger partial charge in [-0.25, -0.2) is 0 Å². The van der Waals surface area contributed by atoms with E-state index in [0.29, 0.717) is 0 Å². The van der Waals surface area contributed by atoms with Crippen molar-refractivity contribution in [1.29, 1.82) is 0 Å². The molecule has 1 aromatic heterocycles. The summed E-state index contributed by atoms with van der Waals surface area (Å²) in [6.45, 7) is 0. The Morgan fingerprint density at radius 3 is 2.69 bits per heavy atom. The van der Waals surface area contributed by atoms with Crippen molar-refractivity contribution in [3.8, 4) is 0 Å². The number of rotatable bonds is 1. The first-order valence-corrected chi connectivity index (χ1v) is 5.95. The predicted molar refractivity (Wildman–Crippen MR) is 59.6 cm³/mol. The summed E-state index contributed by atoms with van der Waals surface area (Å²) < 4.78 is 3.29. The first kappa shape index (κ1) is 8.26. The fourth-order valence-corrected chi connectivity index (χ4v) is 3.47. The van der Waals surface area contributed by atoms with E-state index in [0.717, 1.165) is 11.3 Å². The van der Waals surface area contributed by atoms with Crippen LogP contribution in [-0.2, 0) is 7.05 Å². The monoisotopic (exact) mass is 288 g/mol. The smallest absolute Gasteiger partial charge is 0.0789 e. The van der Waals surface area contributed by atoms with Crippen molar-refractivity contribution in [1.82, 2.24) is 9.78 Å². The third-order valence-electron chi connectivity index (χ3n) is 3.51. The van der Waals surface area contributed by atoms with E-state index in [4.69, 9.17) is 0 Å². The van der Waals surface area contributed by atoms with Gasteiger partial charge in [0.25, 0.3) is 0 Å². The van der Waals surface area contributed by atoms with Gasteiger partial charge in [-0.3, -0.25) is 4.68 Å². The lowest BCUT2D eigenvalue weighted by atomic mass is 9.70. The van der Waals surface area contributed by atoms with E-state index in [2.05, 4.69) is 33.9 Å². The molecule has 0 aromatic carbocycles. The molecular weight excluding hydrogens is 275 g/mol. The summed E-state index contributed by atoms with van der Waals surface area (Å²) >= 11 is 2.40. The molecule has 1 aromatic rings. The van der Waals surface area contributed by atoms with Crippen LogP contribution in [0.3, 0.4) is 0 Å². The molecule has 0 radical (unpaired) electrons. The van der Waals surface area contributed by atoms with Gasteiger partial charge in [0.2, 0.25) is 0 Å². The molecule has 2 fully saturated rings. The zero-order chi connectivity index (χ0) is 9.05. The Bertz CT molecular complexity index is 344. The molecule has 0 amide bonds. The van der Waals surface area contributed by atoms with Crippen molar-refractivity contribution in [2.75, 3.05) is 0 Å². The summed E-state index contributed by atoms with van der Waals surface area (Å²) in [5.74, 6) is 0.774. The molecule has 2 aliphatic carbocycles. The molecule has 0 saturated heterocycles. The van der Waals surface area contributed by atoms with Crippen molar-refractivity contribution in [2.24, 2.45) is 12.5 Å². The van der Waals surface area contributed by atoms with Crippen LogP contribution in [0.2, 0.25) is 0 Å². The highest BCUT2D eigenvalue weighted by atomic mass is 127. The van der Waals surface area contributed by atoms with Gasteiger partial charge < -0.3 is 0 Å². The third kappa shape index (κ3) is 1.23. The molecule has 0 N–H and O–H groups in total. The average Bonchev–Trinajstić information content (AvgIpc) is 2.71.